The van der Waals surface area contributed by atoms with E-state index < -0.39 is 0 Å². The van der Waals surface area contributed by atoms with Crippen molar-refractivity contribution in [2.24, 2.45) is 4.99 Å². The fourth-order valence-corrected chi connectivity index (χ4v) is 4.53. The fraction of sp³-hybridized carbons (Fsp3) is 0.520. The molecule has 0 amide bonds. The van der Waals surface area contributed by atoms with E-state index >= 15 is 0 Å². The molecule has 194 valence electrons. The molecule has 9 nitrogen and oxygen atoms in total. The van der Waals surface area contributed by atoms with Crippen molar-refractivity contribution < 1.29 is 9.13 Å². The molecule has 2 saturated heterocycles. The van der Waals surface area contributed by atoms with Gasteiger partial charge in [0.1, 0.15) is 5.82 Å². The number of nitrogens with one attached hydrogen (secondary N) is 2. The van der Waals surface area contributed by atoms with Crippen LogP contribution in [-0.4, -0.2) is 96.4 Å². The number of thiocarbonyl (C=S) groups is 1. The lowest BCUT2D eigenvalue weighted by atomic mass is 10.2. The summed E-state index contributed by atoms with van der Waals surface area (Å²) in [6.45, 7) is 12.2. The van der Waals surface area contributed by atoms with Gasteiger partial charge in [-0.05, 0) is 69.4 Å². The van der Waals surface area contributed by atoms with Crippen molar-refractivity contribution in [3.8, 4) is 0 Å². The number of rotatable bonds is 6. The average Bonchev–Trinajstić information content (AvgIpc) is 2.87. The third-order valence-corrected chi connectivity index (χ3v) is 6.45. The monoisotopic (exact) mass is 514 g/mol. The van der Waals surface area contributed by atoms with E-state index in [4.69, 9.17) is 21.9 Å². The summed E-state index contributed by atoms with van der Waals surface area (Å²) in [5.41, 5.74) is 2.78. The van der Waals surface area contributed by atoms with Crippen molar-refractivity contribution in [1.82, 2.24) is 25.1 Å². The number of morpholine rings is 1. The second kappa shape index (κ2) is 12.9. The summed E-state index contributed by atoms with van der Waals surface area (Å²) < 4.78 is 18.7. The first-order chi connectivity index (χ1) is 17.5. The molecule has 1 aromatic heterocycles. The van der Waals surface area contributed by atoms with Crippen molar-refractivity contribution in [1.29, 1.82) is 0 Å². The predicted octanol–water partition coefficient (Wildman–Crippen LogP) is 2.42. The molecule has 0 bridgehead atoms. The SMILES string of the molecule is Cc1cc(C)nc(N/C(=N/C(=S)NCCCN2CCOCC2)N2CCN(c3ccc(F)cc3)CC2)n1. The molecule has 0 unspecified atom stereocenters. The van der Waals surface area contributed by atoms with Crippen LogP contribution in [0.15, 0.2) is 35.3 Å². The Balaban J connectivity index is 1.38. The molecule has 2 N–H and O–H groups in total. The average molecular weight is 515 g/mol. The molecule has 1 aromatic carbocycles. The number of aryl methyl sites for hydroxylation is 2. The number of guanidine groups is 1. The van der Waals surface area contributed by atoms with Gasteiger partial charge in [0.25, 0.3) is 0 Å². The highest BCUT2D eigenvalue weighted by atomic mass is 32.1. The van der Waals surface area contributed by atoms with E-state index in [1.54, 1.807) is 0 Å². The minimum absolute atomic E-state index is 0.226. The first-order valence-corrected chi connectivity index (χ1v) is 12.9. The van der Waals surface area contributed by atoms with Crippen molar-refractivity contribution in [2.75, 3.05) is 75.8 Å². The molecule has 0 aliphatic carbocycles. The maximum atomic E-state index is 13.3. The fourth-order valence-electron chi connectivity index (χ4n) is 4.35. The second-order valence-electron chi connectivity index (χ2n) is 9.02. The first kappa shape index (κ1) is 26.2. The van der Waals surface area contributed by atoms with Crippen molar-refractivity contribution in [3.05, 3.63) is 47.5 Å². The molecule has 36 heavy (non-hydrogen) atoms. The Hall–Kier alpha value is -2.89. The van der Waals surface area contributed by atoms with Crippen molar-refractivity contribution in [2.45, 2.75) is 20.3 Å². The van der Waals surface area contributed by atoms with Gasteiger partial charge >= 0.3 is 0 Å². The summed E-state index contributed by atoms with van der Waals surface area (Å²) in [4.78, 5) is 20.6. The normalized spacial score (nSPS) is 17.2. The zero-order valence-electron chi connectivity index (χ0n) is 21.0. The Kier molecular flexibility index (Phi) is 9.37. The molecule has 0 spiro atoms. The second-order valence-corrected chi connectivity index (χ2v) is 9.41. The van der Waals surface area contributed by atoms with Crippen LogP contribution in [0, 0.1) is 19.7 Å². The maximum Gasteiger partial charge on any atom is 0.229 e. The minimum atomic E-state index is -0.226. The largest absolute Gasteiger partial charge is 0.379 e. The highest BCUT2D eigenvalue weighted by molar-refractivity contribution is 7.80. The quantitative estimate of drug-likeness (QED) is 0.261. The van der Waals surface area contributed by atoms with Gasteiger partial charge in [0.15, 0.2) is 5.11 Å². The van der Waals surface area contributed by atoms with E-state index in [-0.39, 0.29) is 5.82 Å². The van der Waals surface area contributed by atoms with Crippen LogP contribution in [0.2, 0.25) is 0 Å². The zero-order chi connectivity index (χ0) is 25.3. The van der Waals surface area contributed by atoms with Crippen LogP contribution in [0.1, 0.15) is 17.8 Å². The number of aromatic nitrogens is 2. The lowest BCUT2D eigenvalue weighted by molar-refractivity contribution is 0.0376. The number of benzene rings is 1. The Labute approximate surface area is 217 Å². The van der Waals surface area contributed by atoms with E-state index in [0.29, 0.717) is 17.0 Å². The smallest absolute Gasteiger partial charge is 0.229 e. The third kappa shape index (κ3) is 7.81. The van der Waals surface area contributed by atoms with Crippen molar-refractivity contribution >= 4 is 34.9 Å². The lowest BCUT2D eigenvalue weighted by Crippen LogP contribution is -2.51. The van der Waals surface area contributed by atoms with E-state index in [9.17, 15) is 4.39 Å². The number of anilines is 2. The summed E-state index contributed by atoms with van der Waals surface area (Å²) >= 11 is 5.56. The summed E-state index contributed by atoms with van der Waals surface area (Å²) in [6, 6.07) is 8.56. The number of halogens is 1. The van der Waals surface area contributed by atoms with Gasteiger partial charge in [-0.1, -0.05) is 0 Å². The van der Waals surface area contributed by atoms with E-state index in [0.717, 1.165) is 89.1 Å². The molecule has 2 aliphatic rings. The topological polar surface area (TPSA) is 81.1 Å². The molecule has 3 heterocycles. The third-order valence-electron chi connectivity index (χ3n) is 6.22. The molecule has 11 heteroatoms. The van der Waals surface area contributed by atoms with Gasteiger partial charge in [-0.15, -0.1) is 0 Å². The number of ether oxygens (including phenoxy) is 1. The van der Waals surface area contributed by atoms with E-state index in [2.05, 4.69) is 35.3 Å². The predicted molar refractivity (Wildman–Crippen MR) is 145 cm³/mol. The molecular weight excluding hydrogens is 479 g/mol. The van der Waals surface area contributed by atoms with Crippen LogP contribution in [-0.2, 0) is 4.74 Å². The molecule has 2 aliphatic heterocycles. The molecule has 0 saturated carbocycles. The highest BCUT2D eigenvalue weighted by Gasteiger charge is 2.22. The molecule has 2 aromatic rings. The van der Waals surface area contributed by atoms with Crippen LogP contribution < -0.4 is 15.5 Å². The van der Waals surface area contributed by atoms with Gasteiger partial charge in [-0.25, -0.2) is 14.4 Å². The number of hydrogen-bond donors (Lipinski definition) is 2. The van der Waals surface area contributed by atoms with Crippen LogP contribution in [0.25, 0.3) is 0 Å². The van der Waals surface area contributed by atoms with Crippen molar-refractivity contribution in [3.63, 3.8) is 0 Å². The summed E-state index contributed by atoms with van der Waals surface area (Å²) in [7, 11) is 0. The summed E-state index contributed by atoms with van der Waals surface area (Å²) in [6.07, 6.45) is 0.981. The van der Waals surface area contributed by atoms with E-state index in [1.165, 1.54) is 12.1 Å². The number of nitrogens with zero attached hydrogens (tertiary/aromatic N) is 6. The first-order valence-electron chi connectivity index (χ1n) is 12.5. The Morgan fingerprint density at radius 3 is 2.36 bits per heavy atom. The van der Waals surface area contributed by atoms with Crippen LogP contribution in [0.3, 0.4) is 0 Å². The van der Waals surface area contributed by atoms with Gasteiger partial charge < -0.3 is 19.9 Å². The molecule has 0 radical (unpaired) electrons. The van der Waals surface area contributed by atoms with Gasteiger partial charge in [0, 0.05) is 62.9 Å². The van der Waals surface area contributed by atoms with Crippen LogP contribution in [0.5, 0.6) is 0 Å². The zero-order valence-corrected chi connectivity index (χ0v) is 21.9. The van der Waals surface area contributed by atoms with Gasteiger partial charge in [0.2, 0.25) is 11.9 Å². The van der Waals surface area contributed by atoms with E-state index in [1.807, 2.05) is 32.0 Å². The highest BCUT2D eigenvalue weighted by Crippen LogP contribution is 2.17. The minimum Gasteiger partial charge on any atom is -0.379 e. The van der Waals surface area contributed by atoms with Gasteiger partial charge in [-0.3, -0.25) is 10.2 Å². The Morgan fingerprint density at radius 2 is 1.69 bits per heavy atom. The van der Waals surface area contributed by atoms with Gasteiger partial charge in [-0.2, -0.15) is 4.99 Å². The number of aliphatic imine (C=N–C) groups is 1. The number of piperazine rings is 1. The Morgan fingerprint density at radius 1 is 1.03 bits per heavy atom. The molecular formula is C25H35FN8OS. The lowest BCUT2D eigenvalue weighted by Gasteiger charge is -2.37. The summed E-state index contributed by atoms with van der Waals surface area (Å²) in [5, 5.41) is 7.01. The standard InChI is InChI=1S/C25H35FN8OS/c1-19-18-20(2)29-23(28-19)30-24(31-25(36)27-8-3-9-32-14-16-35-17-15-32)34-12-10-33(11-13-34)22-6-4-21(26)5-7-22/h4-7,18H,3,8-17H2,1-2H3,(H2,27,28,29,30,31,36). The molecule has 2 fully saturated rings. The van der Waals surface area contributed by atoms with Crippen LogP contribution in [0.4, 0.5) is 16.0 Å². The van der Waals surface area contributed by atoms with Gasteiger partial charge in [0.05, 0.1) is 13.2 Å². The molecule has 4 rings (SSSR count). The maximum absolute atomic E-state index is 13.3. The molecule has 0 atom stereocenters. The van der Waals surface area contributed by atoms with Crippen LogP contribution >= 0.6 is 12.2 Å². The summed E-state index contributed by atoms with van der Waals surface area (Å²) in [5.74, 6) is 0.905. The number of hydrogen-bond acceptors (Lipinski definition) is 6. The Bertz CT molecular complexity index is 1020.